The van der Waals surface area contributed by atoms with E-state index in [9.17, 15) is 0 Å². The Morgan fingerprint density at radius 1 is 1.12 bits per heavy atom. The van der Waals surface area contributed by atoms with E-state index in [1.54, 1.807) is 0 Å². The first-order chi connectivity index (χ1) is 11.5. The summed E-state index contributed by atoms with van der Waals surface area (Å²) in [6.45, 7) is 6.37. The van der Waals surface area contributed by atoms with Crippen LogP contribution in [0.15, 0.2) is 47.6 Å². The zero-order valence-electron chi connectivity index (χ0n) is 15.1. The monoisotopic (exact) mass is 327 g/mol. The zero-order chi connectivity index (χ0) is 17.2. The fourth-order valence-corrected chi connectivity index (χ4v) is 3.92. The van der Waals surface area contributed by atoms with Gasteiger partial charge in [-0.2, -0.15) is 0 Å². The van der Waals surface area contributed by atoms with E-state index < -0.39 is 5.72 Å². The Morgan fingerprint density at radius 2 is 1.88 bits per heavy atom. The summed E-state index contributed by atoms with van der Waals surface area (Å²) in [5.41, 5.74) is 9.76. The summed E-state index contributed by atoms with van der Waals surface area (Å²) >= 11 is 0. The lowest BCUT2D eigenvalue weighted by molar-refractivity contribution is -0.415. The first-order valence-corrected chi connectivity index (χ1v) is 9.13. The smallest absolute Gasteiger partial charge is 0.203 e. The minimum absolute atomic E-state index is 0.307. The maximum absolute atomic E-state index is 6.76. The van der Waals surface area contributed by atoms with Crippen molar-refractivity contribution in [3.05, 3.63) is 58.7 Å². The number of nitrogens with two attached hydrogens (primary N) is 1. The highest BCUT2D eigenvalue weighted by atomic mass is 17.2. The predicted molar refractivity (Wildman–Crippen MR) is 97.2 cm³/mol. The van der Waals surface area contributed by atoms with E-state index in [-0.39, 0.29) is 5.60 Å². The van der Waals surface area contributed by atoms with Crippen molar-refractivity contribution in [1.82, 2.24) is 0 Å². The molecule has 3 rings (SSSR count). The van der Waals surface area contributed by atoms with Gasteiger partial charge in [-0.15, -0.1) is 0 Å². The highest BCUT2D eigenvalue weighted by Gasteiger charge is 2.48. The molecule has 1 fully saturated rings. The Balaban J connectivity index is 2.11. The summed E-state index contributed by atoms with van der Waals surface area (Å²) in [4.78, 5) is 12.0. The number of rotatable bonds is 3. The average molecular weight is 327 g/mol. The van der Waals surface area contributed by atoms with E-state index in [1.165, 1.54) is 24.8 Å². The fourth-order valence-electron chi connectivity index (χ4n) is 3.92. The molecule has 1 aliphatic carbocycles. The van der Waals surface area contributed by atoms with E-state index in [0.29, 0.717) is 0 Å². The Hall–Kier alpha value is -1.42. The molecule has 1 aromatic rings. The maximum atomic E-state index is 6.76. The van der Waals surface area contributed by atoms with Crippen LogP contribution in [0.2, 0.25) is 0 Å². The zero-order valence-corrected chi connectivity index (χ0v) is 15.1. The van der Waals surface area contributed by atoms with E-state index in [1.807, 2.05) is 12.1 Å². The molecule has 1 heterocycles. The number of hydrogen-bond donors (Lipinski definition) is 1. The van der Waals surface area contributed by atoms with Crippen molar-refractivity contribution in [3.63, 3.8) is 0 Å². The van der Waals surface area contributed by atoms with Crippen LogP contribution in [0.1, 0.15) is 63.5 Å². The van der Waals surface area contributed by atoms with E-state index >= 15 is 0 Å². The molecule has 1 aliphatic heterocycles. The molecular formula is C21H29NO2. The molecule has 0 radical (unpaired) electrons. The van der Waals surface area contributed by atoms with Gasteiger partial charge in [0.2, 0.25) is 5.72 Å². The molecule has 3 heteroatoms. The third-order valence-electron chi connectivity index (χ3n) is 5.45. The molecular weight excluding hydrogens is 298 g/mol. The molecule has 3 nitrogen and oxygen atoms in total. The normalized spacial score (nSPS) is 27.2. The van der Waals surface area contributed by atoms with Crippen molar-refractivity contribution in [2.45, 2.75) is 70.6 Å². The Bertz CT molecular complexity index is 656. The Morgan fingerprint density at radius 3 is 2.54 bits per heavy atom. The van der Waals surface area contributed by atoms with Gasteiger partial charge in [-0.1, -0.05) is 68.2 Å². The van der Waals surface area contributed by atoms with Gasteiger partial charge < -0.3 is 0 Å². The topological polar surface area (TPSA) is 44.5 Å². The Labute approximate surface area is 145 Å². The number of hydrogen-bond acceptors (Lipinski definition) is 3. The van der Waals surface area contributed by atoms with Gasteiger partial charge in [0, 0.05) is 11.1 Å². The second-order valence-corrected chi connectivity index (χ2v) is 7.18. The second kappa shape index (κ2) is 6.83. The van der Waals surface area contributed by atoms with Crippen molar-refractivity contribution >= 4 is 0 Å². The first-order valence-electron chi connectivity index (χ1n) is 9.13. The van der Waals surface area contributed by atoms with E-state index in [4.69, 9.17) is 15.5 Å². The summed E-state index contributed by atoms with van der Waals surface area (Å²) in [5.74, 6) is 0. The van der Waals surface area contributed by atoms with Crippen molar-refractivity contribution in [1.29, 1.82) is 0 Å². The molecule has 0 amide bonds. The van der Waals surface area contributed by atoms with Crippen LogP contribution in [0, 0.1) is 6.92 Å². The average Bonchev–Trinajstić information content (AvgIpc) is 2.60. The summed E-state index contributed by atoms with van der Waals surface area (Å²) in [7, 11) is 0. The quantitative estimate of drug-likeness (QED) is 0.790. The molecule has 1 aromatic carbocycles. The minimum atomic E-state index is -1.05. The summed E-state index contributed by atoms with van der Waals surface area (Å²) in [6, 6.07) is 8.18. The fraction of sp³-hybridized carbons (Fsp3) is 0.524. The van der Waals surface area contributed by atoms with Crippen LogP contribution in [0.5, 0.6) is 0 Å². The summed E-state index contributed by atoms with van der Waals surface area (Å²) in [6.07, 6.45) is 10.9. The van der Waals surface area contributed by atoms with Crippen molar-refractivity contribution in [2.24, 2.45) is 5.73 Å². The molecule has 1 atom stereocenters. The molecule has 1 unspecified atom stereocenters. The largest absolute Gasteiger partial charge is 0.293 e. The van der Waals surface area contributed by atoms with Gasteiger partial charge in [0.1, 0.15) is 5.60 Å². The van der Waals surface area contributed by atoms with Crippen LogP contribution in [0.4, 0.5) is 0 Å². The van der Waals surface area contributed by atoms with Crippen molar-refractivity contribution in [3.8, 4) is 0 Å². The summed E-state index contributed by atoms with van der Waals surface area (Å²) < 4.78 is 0. The molecule has 1 spiro atoms. The van der Waals surface area contributed by atoms with Crippen LogP contribution in [-0.4, -0.2) is 5.60 Å². The molecule has 0 aromatic heterocycles. The van der Waals surface area contributed by atoms with Gasteiger partial charge >= 0.3 is 0 Å². The lowest BCUT2D eigenvalue weighted by atomic mass is 9.75. The third-order valence-corrected chi connectivity index (χ3v) is 5.45. The predicted octanol–water partition coefficient (Wildman–Crippen LogP) is 5.05. The maximum Gasteiger partial charge on any atom is 0.203 e. The number of benzene rings is 1. The van der Waals surface area contributed by atoms with Gasteiger partial charge in [0.15, 0.2) is 0 Å². The molecule has 2 N–H and O–H groups in total. The van der Waals surface area contributed by atoms with Crippen LogP contribution in [-0.2, 0) is 15.5 Å². The van der Waals surface area contributed by atoms with Crippen LogP contribution in [0.25, 0.3) is 0 Å². The molecule has 130 valence electrons. The van der Waals surface area contributed by atoms with Gasteiger partial charge in [0.25, 0.3) is 0 Å². The molecule has 1 saturated carbocycles. The van der Waals surface area contributed by atoms with Crippen molar-refractivity contribution in [2.75, 3.05) is 0 Å². The number of aryl methyl sites for hydroxylation is 1. The molecule has 2 aliphatic rings. The highest BCUT2D eigenvalue weighted by molar-refractivity contribution is 5.45. The molecule has 24 heavy (non-hydrogen) atoms. The van der Waals surface area contributed by atoms with Gasteiger partial charge in [-0.25, -0.2) is 9.78 Å². The number of allylic oxidation sites excluding steroid dienone is 1. The van der Waals surface area contributed by atoms with Crippen LogP contribution < -0.4 is 5.73 Å². The molecule has 0 bridgehead atoms. The lowest BCUT2D eigenvalue weighted by Gasteiger charge is -2.46. The first kappa shape index (κ1) is 17.4. The van der Waals surface area contributed by atoms with E-state index in [0.717, 1.165) is 36.0 Å². The highest BCUT2D eigenvalue weighted by Crippen LogP contribution is 2.47. The Kier molecular flexibility index (Phi) is 4.95. The van der Waals surface area contributed by atoms with Crippen LogP contribution in [0.3, 0.4) is 0 Å². The minimum Gasteiger partial charge on any atom is -0.293 e. The van der Waals surface area contributed by atoms with E-state index in [2.05, 4.69) is 45.1 Å². The van der Waals surface area contributed by atoms with Crippen molar-refractivity contribution < 1.29 is 9.78 Å². The SMILES string of the molecule is CC/C=C\C1=C(C)C2(CCCCC2)OOC1(N)c1cccc(C)c1. The standard InChI is InChI=1S/C21H29NO2/c1-4-5-12-19-17(3)20(13-7-6-8-14-20)23-24-21(19,22)18-11-9-10-16(2)15-18/h5,9-12,15H,4,6-8,13-14,22H2,1-3H3/b12-5-. The van der Waals surface area contributed by atoms with Crippen LogP contribution >= 0.6 is 0 Å². The second-order valence-electron chi connectivity index (χ2n) is 7.18. The summed E-state index contributed by atoms with van der Waals surface area (Å²) in [5, 5.41) is 0. The third kappa shape index (κ3) is 2.97. The molecule has 0 saturated heterocycles. The van der Waals surface area contributed by atoms with Gasteiger partial charge in [-0.3, -0.25) is 5.73 Å². The van der Waals surface area contributed by atoms with Gasteiger partial charge in [-0.05, 0) is 38.7 Å². The lowest BCUT2D eigenvalue weighted by Crippen LogP contribution is -2.52. The van der Waals surface area contributed by atoms with Gasteiger partial charge in [0.05, 0.1) is 0 Å².